The summed E-state index contributed by atoms with van der Waals surface area (Å²) in [5, 5.41) is 2.43. The van der Waals surface area contributed by atoms with Crippen LogP contribution in [0.5, 0.6) is 5.75 Å². The highest BCUT2D eigenvalue weighted by Gasteiger charge is 2.36. The standard InChI is InChI=1S/C14H21FNO4P/c1-10(2)19-14(17)11(3)16-21(18,12(4)15)20-13-8-6-5-7-9-13/h5-12H,1-4H3,(H,16,18). The quantitative estimate of drug-likeness (QED) is 0.616. The summed E-state index contributed by atoms with van der Waals surface area (Å²) in [6.07, 6.45) is -0.307. The predicted octanol–water partition coefficient (Wildman–Crippen LogP) is 3.50. The number of ether oxygens (including phenoxy) is 1. The lowest BCUT2D eigenvalue weighted by atomic mass is 10.3. The first-order valence-electron chi connectivity index (χ1n) is 6.71. The lowest BCUT2D eigenvalue weighted by Gasteiger charge is -2.24. The molecule has 0 aliphatic rings. The summed E-state index contributed by atoms with van der Waals surface area (Å²) in [4.78, 5) is 11.7. The molecule has 0 saturated carbocycles. The molecular formula is C14H21FNO4P. The van der Waals surface area contributed by atoms with Crippen molar-refractivity contribution in [3.05, 3.63) is 30.3 Å². The highest BCUT2D eigenvalue weighted by molar-refractivity contribution is 7.57. The summed E-state index contributed by atoms with van der Waals surface area (Å²) in [6.45, 7) is 5.97. The van der Waals surface area contributed by atoms with Gasteiger partial charge in [0, 0.05) is 0 Å². The molecule has 0 bridgehead atoms. The van der Waals surface area contributed by atoms with Gasteiger partial charge in [0.05, 0.1) is 6.10 Å². The average molecular weight is 317 g/mol. The number of carbonyl (C=O) groups excluding carboxylic acids is 1. The summed E-state index contributed by atoms with van der Waals surface area (Å²) in [7, 11) is -3.88. The van der Waals surface area contributed by atoms with Crippen molar-refractivity contribution in [3.63, 3.8) is 0 Å². The Labute approximate surface area is 124 Å². The Morgan fingerprint density at radius 3 is 2.24 bits per heavy atom. The van der Waals surface area contributed by atoms with Crippen molar-refractivity contribution in [2.75, 3.05) is 0 Å². The van der Waals surface area contributed by atoms with Gasteiger partial charge in [0.15, 0.2) is 5.91 Å². The van der Waals surface area contributed by atoms with Gasteiger partial charge in [-0.15, -0.1) is 0 Å². The van der Waals surface area contributed by atoms with Crippen molar-refractivity contribution in [2.24, 2.45) is 0 Å². The number of para-hydroxylation sites is 1. The molecule has 3 unspecified atom stereocenters. The molecule has 118 valence electrons. The van der Waals surface area contributed by atoms with Crippen LogP contribution in [0.2, 0.25) is 0 Å². The largest absolute Gasteiger partial charge is 0.462 e. The van der Waals surface area contributed by atoms with Gasteiger partial charge in [0.25, 0.3) is 0 Å². The minimum Gasteiger partial charge on any atom is -0.462 e. The number of rotatable bonds is 7. The zero-order valence-electron chi connectivity index (χ0n) is 12.6. The SMILES string of the molecule is CC(C)OC(=O)C(C)NP(=O)(Oc1ccccc1)C(C)F. The molecule has 3 atom stereocenters. The van der Waals surface area contributed by atoms with Gasteiger partial charge in [-0.25, -0.2) is 9.48 Å². The first kappa shape index (κ1) is 17.7. The van der Waals surface area contributed by atoms with Crippen LogP contribution in [0.25, 0.3) is 0 Å². The minimum absolute atomic E-state index is 0.266. The third-order valence-electron chi connectivity index (χ3n) is 2.53. The smallest absolute Gasteiger partial charge is 0.350 e. The van der Waals surface area contributed by atoms with E-state index < -0.39 is 25.4 Å². The zero-order chi connectivity index (χ0) is 16.0. The summed E-state index contributed by atoms with van der Waals surface area (Å²) in [6, 6.07) is 7.30. The maximum Gasteiger partial charge on any atom is 0.350 e. The van der Waals surface area contributed by atoms with Gasteiger partial charge < -0.3 is 9.26 Å². The van der Waals surface area contributed by atoms with Gasteiger partial charge in [0.1, 0.15) is 11.8 Å². The second-order valence-corrected chi connectivity index (χ2v) is 7.26. The fourth-order valence-electron chi connectivity index (χ4n) is 1.50. The van der Waals surface area contributed by atoms with Gasteiger partial charge in [-0.3, -0.25) is 9.36 Å². The van der Waals surface area contributed by atoms with Gasteiger partial charge >= 0.3 is 13.5 Å². The predicted molar refractivity (Wildman–Crippen MR) is 79.1 cm³/mol. The molecule has 1 rings (SSSR count). The molecule has 0 saturated heterocycles. The van der Waals surface area contributed by atoms with E-state index in [0.717, 1.165) is 6.92 Å². The Morgan fingerprint density at radius 1 is 1.19 bits per heavy atom. The molecule has 1 N–H and O–H groups in total. The fourth-order valence-corrected chi connectivity index (χ4v) is 2.98. The van der Waals surface area contributed by atoms with Crippen LogP contribution >= 0.6 is 7.52 Å². The fraction of sp³-hybridized carbons (Fsp3) is 0.500. The van der Waals surface area contributed by atoms with E-state index in [0.29, 0.717) is 0 Å². The van der Waals surface area contributed by atoms with Crippen LogP contribution in [-0.2, 0) is 14.1 Å². The topological polar surface area (TPSA) is 64.6 Å². The number of hydrogen-bond donors (Lipinski definition) is 1. The average Bonchev–Trinajstić information content (AvgIpc) is 2.38. The highest BCUT2D eigenvalue weighted by atomic mass is 31.2. The number of hydrogen-bond acceptors (Lipinski definition) is 4. The third-order valence-corrected chi connectivity index (χ3v) is 4.70. The number of alkyl halides is 1. The zero-order valence-corrected chi connectivity index (χ0v) is 13.5. The Bertz CT molecular complexity index is 507. The molecule has 0 aromatic heterocycles. The first-order valence-corrected chi connectivity index (χ1v) is 8.40. The van der Waals surface area contributed by atoms with Gasteiger partial charge in [-0.1, -0.05) is 18.2 Å². The summed E-state index contributed by atoms with van der Waals surface area (Å²) in [5.74, 6) is -2.11. The molecule has 1 aromatic carbocycles. The van der Waals surface area contributed by atoms with Crippen molar-refractivity contribution in [2.45, 2.75) is 45.8 Å². The van der Waals surface area contributed by atoms with Crippen LogP contribution in [0.1, 0.15) is 27.7 Å². The van der Waals surface area contributed by atoms with Gasteiger partial charge in [-0.05, 0) is 39.8 Å². The number of nitrogens with one attached hydrogen (secondary N) is 1. The normalized spacial score (nSPS) is 16.9. The third kappa shape index (κ3) is 5.48. The monoisotopic (exact) mass is 317 g/mol. The van der Waals surface area contributed by atoms with Gasteiger partial charge in [0.2, 0.25) is 0 Å². The Hall–Kier alpha value is -1.39. The van der Waals surface area contributed by atoms with Crippen molar-refractivity contribution in [1.29, 1.82) is 0 Å². The maximum atomic E-state index is 13.7. The molecule has 0 fully saturated rings. The molecule has 0 radical (unpaired) electrons. The van der Waals surface area contributed by atoms with Crippen molar-refractivity contribution >= 4 is 13.5 Å². The molecule has 0 amide bonds. The molecule has 21 heavy (non-hydrogen) atoms. The van der Waals surface area contributed by atoms with E-state index in [2.05, 4.69) is 5.09 Å². The number of halogens is 1. The molecule has 7 heteroatoms. The Morgan fingerprint density at radius 2 is 1.76 bits per heavy atom. The summed E-state index contributed by atoms with van der Waals surface area (Å²) < 4.78 is 36.5. The number of esters is 1. The Balaban J connectivity index is 2.81. The lowest BCUT2D eigenvalue weighted by Crippen LogP contribution is -2.37. The number of carbonyl (C=O) groups is 1. The second kappa shape index (κ2) is 7.57. The van der Waals surface area contributed by atoms with Crippen LogP contribution in [0.15, 0.2) is 30.3 Å². The minimum atomic E-state index is -3.88. The molecule has 0 heterocycles. The number of benzene rings is 1. The van der Waals surface area contributed by atoms with Crippen LogP contribution < -0.4 is 9.61 Å². The second-order valence-electron chi connectivity index (χ2n) is 4.91. The molecule has 0 aliphatic carbocycles. The van der Waals surface area contributed by atoms with E-state index >= 15 is 0 Å². The van der Waals surface area contributed by atoms with Crippen LogP contribution in [-0.4, -0.2) is 24.0 Å². The molecule has 0 spiro atoms. The summed E-state index contributed by atoms with van der Waals surface area (Å²) in [5.41, 5.74) is 0. The lowest BCUT2D eigenvalue weighted by molar-refractivity contribution is -0.149. The highest BCUT2D eigenvalue weighted by Crippen LogP contribution is 2.48. The van der Waals surface area contributed by atoms with Crippen LogP contribution in [0.4, 0.5) is 4.39 Å². The first-order chi connectivity index (χ1) is 9.74. The van der Waals surface area contributed by atoms with E-state index in [9.17, 15) is 13.8 Å². The van der Waals surface area contributed by atoms with Gasteiger partial charge in [-0.2, -0.15) is 0 Å². The van der Waals surface area contributed by atoms with Crippen LogP contribution in [0, 0.1) is 0 Å². The van der Waals surface area contributed by atoms with E-state index in [4.69, 9.17) is 9.26 Å². The summed E-state index contributed by atoms with van der Waals surface area (Å²) >= 11 is 0. The van der Waals surface area contributed by atoms with Crippen molar-refractivity contribution in [3.8, 4) is 5.75 Å². The van der Waals surface area contributed by atoms with E-state index in [1.54, 1.807) is 44.2 Å². The van der Waals surface area contributed by atoms with Crippen LogP contribution in [0.3, 0.4) is 0 Å². The van der Waals surface area contributed by atoms with E-state index in [-0.39, 0.29) is 11.9 Å². The molecule has 1 aromatic rings. The van der Waals surface area contributed by atoms with Crippen molar-refractivity contribution < 1.29 is 23.0 Å². The molecule has 0 aliphatic heterocycles. The Kier molecular flexibility index (Phi) is 6.37. The molecular weight excluding hydrogens is 296 g/mol. The molecule has 5 nitrogen and oxygen atoms in total. The van der Waals surface area contributed by atoms with Crippen molar-refractivity contribution in [1.82, 2.24) is 5.09 Å². The van der Waals surface area contributed by atoms with E-state index in [1.807, 2.05) is 0 Å². The van der Waals surface area contributed by atoms with E-state index in [1.165, 1.54) is 6.92 Å². The maximum absolute atomic E-state index is 13.7.